The summed E-state index contributed by atoms with van der Waals surface area (Å²) in [6, 6.07) is 6.35. The molecule has 0 bridgehead atoms. The summed E-state index contributed by atoms with van der Waals surface area (Å²) in [5, 5.41) is 0.813. The van der Waals surface area contributed by atoms with Crippen molar-refractivity contribution in [3.05, 3.63) is 54.6 Å². The number of rotatable bonds is 5. The quantitative estimate of drug-likeness (QED) is 0.235. The smallest absolute Gasteiger partial charge is 1.00 e. The Labute approximate surface area is 237 Å². The number of benzene rings is 1. The fourth-order valence-corrected chi connectivity index (χ4v) is 8.69. The van der Waals surface area contributed by atoms with Crippen LogP contribution in [0, 0.1) is 12.5 Å². The standard InChI is InChI=1S/C24H32ClINO2.K/c1-17(2)24-12-18-7-8-20(25)13-22(18)23-15-26(14-19(23)16-29-24)27(3)10-9-21-6-4-5-11-28-21;/h7-8,10,13-15,17,21,24H,4-6,9,11-12,16H2,1-3H3;/q-1;+1. The van der Waals surface area contributed by atoms with Gasteiger partial charge < -0.3 is 0 Å². The zero-order chi connectivity index (χ0) is 20.4. The maximum Gasteiger partial charge on any atom is 1.00 e. The van der Waals surface area contributed by atoms with Gasteiger partial charge in [0, 0.05) is 0 Å². The first-order chi connectivity index (χ1) is 14.0. The second kappa shape index (κ2) is 12.1. The van der Waals surface area contributed by atoms with Crippen LogP contribution in [0.15, 0.2) is 31.9 Å². The van der Waals surface area contributed by atoms with Gasteiger partial charge in [-0.15, -0.1) is 0 Å². The van der Waals surface area contributed by atoms with E-state index in [4.69, 9.17) is 21.1 Å². The largest absolute Gasteiger partial charge is 1.00 e. The Hall–Kier alpha value is 1.24. The predicted octanol–water partition coefficient (Wildman–Crippen LogP) is 3.65. The van der Waals surface area contributed by atoms with E-state index in [1.807, 2.05) is 6.07 Å². The molecule has 0 aromatic heterocycles. The van der Waals surface area contributed by atoms with Gasteiger partial charge in [0.1, 0.15) is 0 Å². The SMILES string of the molecule is CC(C)C1Cc2ccc(Cl)cc2C2=CI(N(C)[CH-]CC3CCCCO3)C=C2CO1.[K+]. The molecule has 0 N–H and O–H groups in total. The Morgan fingerprint density at radius 2 is 2.07 bits per heavy atom. The molecule has 1 aromatic carbocycles. The van der Waals surface area contributed by atoms with Crippen LogP contribution in [-0.4, -0.2) is 35.6 Å². The van der Waals surface area contributed by atoms with Crippen molar-refractivity contribution >= 4 is 37.3 Å². The average molecular weight is 568 g/mol. The van der Waals surface area contributed by atoms with Crippen LogP contribution < -0.4 is 51.4 Å². The first-order valence-electron chi connectivity index (χ1n) is 10.7. The molecule has 2 unspecified atom stereocenters. The summed E-state index contributed by atoms with van der Waals surface area (Å²) >= 11 is 4.85. The molecule has 3 aliphatic heterocycles. The molecule has 1 fully saturated rings. The Bertz CT molecular complexity index is 791. The predicted molar refractivity (Wildman–Crippen MR) is 130 cm³/mol. The molecule has 1 aromatic rings. The normalized spacial score (nSPS) is 25.1. The molecule has 0 spiro atoms. The van der Waals surface area contributed by atoms with Crippen molar-refractivity contribution in [2.24, 2.45) is 5.92 Å². The summed E-state index contributed by atoms with van der Waals surface area (Å²) in [7, 11) is 2.23. The number of hydrogen-bond acceptors (Lipinski definition) is 3. The Balaban J connectivity index is 0.00000256. The number of ether oxygens (including phenoxy) is 2. The molecule has 160 valence electrons. The minimum atomic E-state index is -1.55. The second-order valence-corrected chi connectivity index (χ2v) is 13.5. The van der Waals surface area contributed by atoms with E-state index in [0.717, 1.165) is 24.5 Å². The van der Waals surface area contributed by atoms with Crippen LogP contribution in [0.4, 0.5) is 0 Å². The Kier molecular flexibility index (Phi) is 10.4. The van der Waals surface area contributed by atoms with Gasteiger partial charge in [0.15, 0.2) is 0 Å². The zero-order valence-electron chi connectivity index (χ0n) is 18.7. The molecule has 0 radical (unpaired) electrons. The van der Waals surface area contributed by atoms with E-state index in [2.05, 4.69) is 50.9 Å². The molecule has 2 atom stereocenters. The van der Waals surface area contributed by atoms with Crippen molar-refractivity contribution < 1.29 is 60.9 Å². The number of fused-ring (bicyclic) bond motifs is 3. The molecule has 3 nitrogen and oxygen atoms in total. The molecule has 3 aliphatic rings. The van der Waals surface area contributed by atoms with Crippen LogP contribution in [0.1, 0.15) is 50.7 Å². The van der Waals surface area contributed by atoms with Crippen molar-refractivity contribution in [3.8, 4) is 0 Å². The van der Waals surface area contributed by atoms with Gasteiger partial charge in [0.2, 0.25) is 0 Å². The van der Waals surface area contributed by atoms with Gasteiger partial charge in [0.25, 0.3) is 0 Å². The van der Waals surface area contributed by atoms with Gasteiger partial charge in [-0.1, -0.05) is 0 Å². The van der Waals surface area contributed by atoms with Crippen molar-refractivity contribution in [2.45, 2.75) is 58.2 Å². The Morgan fingerprint density at radius 1 is 1.23 bits per heavy atom. The third-order valence-electron chi connectivity index (χ3n) is 5.99. The number of hydrogen-bond donors (Lipinski definition) is 0. The summed E-state index contributed by atoms with van der Waals surface area (Å²) in [4.78, 5) is 0. The van der Waals surface area contributed by atoms with Crippen molar-refractivity contribution in [2.75, 3.05) is 20.3 Å². The summed E-state index contributed by atoms with van der Waals surface area (Å²) in [5.74, 6) is 0.493. The summed E-state index contributed by atoms with van der Waals surface area (Å²) in [5.41, 5.74) is 5.36. The van der Waals surface area contributed by atoms with Crippen LogP contribution in [0.3, 0.4) is 0 Å². The summed E-state index contributed by atoms with van der Waals surface area (Å²) in [6.45, 7) is 8.48. The molecule has 0 amide bonds. The number of nitrogens with zero attached hydrogens (tertiary/aromatic N) is 1. The van der Waals surface area contributed by atoms with E-state index in [9.17, 15) is 0 Å². The number of halogens is 2. The van der Waals surface area contributed by atoms with Gasteiger partial charge in [-0.2, -0.15) is 0 Å². The Morgan fingerprint density at radius 3 is 2.80 bits per heavy atom. The summed E-state index contributed by atoms with van der Waals surface area (Å²) in [6.07, 6.45) is 6.31. The van der Waals surface area contributed by atoms with E-state index < -0.39 is 20.1 Å². The van der Waals surface area contributed by atoms with Gasteiger partial charge >= 0.3 is 240 Å². The van der Waals surface area contributed by atoms with E-state index in [-0.39, 0.29) is 57.5 Å². The minimum Gasteiger partial charge on any atom is 1.00 e. The van der Waals surface area contributed by atoms with Crippen LogP contribution in [0.25, 0.3) is 5.57 Å². The fourth-order valence-electron chi connectivity index (χ4n) is 4.12. The monoisotopic (exact) mass is 567 g/mol. The molecule has 1 saturated heterocycles. The maximum absolute atomic E-state index is 6.40. The first kappa shape index (κ1) is 25.9. The van der Waals surface area contributed by atoms with Crippen LogP contribution in [-0.2, 0) is 15.9 Å². The summed E-state index contributed by atoms with van der Waals surface area (Å²) < 4.78 is 19.8. The van der Waals surface area contributed by atoms with Crippen LogP contribution in [0.5, 0.6) is 0 Å². The molecular formula is C24H32ClIKNO2. The van der Waals surface area contributed by atoms with Crippen molar-refractivity contribution in [3.63, 3.8) is 0 Å². The van der Waals surface area contributed by atoms with Gasteiger partial charge in [-0.3, -0.25) is 0 Å². The van der Waals surface area contributed by atoms with E-state index in [0.29, 0.717) is 18.6 Å². The molecule has 4 rings (SSSR count). The third kappa shape index (κ3) is 6.42. The van der Waals surface area contributed by atoms with Crippen LogP contribution in [0.2, 0.25) is 5.02 Å². The molecule has 0 aliphatic carbocycles. The van der Waals surface area contributed by atoms with Crippen LogP contribution >= 0.6 is 31.7 Å². The average Bonchev–Trinajstić information content (AvgIpc) is 3.13. The zero-order valence-corrected chi connectivity index (χ0v) is 24.7. The van der Waals surface area contributed by atoms with Gasteiger partial charge in [-0.25, -0.2) is 0 Å². The third-order valence-corrected chi connectivity index (χ3v) is 11.0. The van der Waals surface area contributed by atoms with E-state index in [1.54, 1.807) is 0 Å². The molecule has 30 heavy (non-hydrogen) atoms. The van der Waals surface area contributed by atoms with Gasteiger partial charge in [0.05, 0.1) is 0 Å². The first-order valence-corrected chi connectivity index (χ1v) is 14.5. The molecule has 0 saturated carbocycles. The van der Waals surface area contributed by atoms with Crippen molar-refractivity contribution in [1.82, 2.24) is 3.11 Å². The van der Waals surface area contributed by atoms with Crippen molar-refractivity contribution in [1.29, 1.82) is 0 Å². The molecule has 6 heteroatoms. The molecule has 3 heterocycles. The second-order valence-electron chi connectivity index (χ2n) is 8.51. The topological polar surface area (TPSA) is 21.7 Å². The fraction of sp³-hybridized carbons (Fsp3) is 0.542. The maximum atomic E-state index is 6.40. The van der Waals surface area contributed by atoms with E-state index >= 15 is 0 Å². The molecular weight excluding hydrogens is 536 g/mol. The van der Waals surface area contributed by atoms with Gasteiger partial charge in [-0.05, 0) is 0 Å². The van der Waals surface area contributed by atoms with E-state index in [1.165, 1.54) is 41.5 Å². The minimum absolute atomic E-state index is 0.